The number of oxime groups is 1. The Kier molecular flexibility index (Phi) is 6.14. The zero-order valence-corrected chi connectivity index (χ0v) is 19.3. The van der Waals surface area contributed by atoms with Gasteiger partial charge in [0.15, 0.2) is 10.8 Å². The van der Waals surface area contributed by atoms with Crippen LogP contribution in [0.3, 0.4) is 0 Å². The summed E-state index contributed by atoms with van der Waals surface area (Å²) in [6.45, 7) is 2.53. The second-order valence-corrected chi connectivity index (χ2v) is 10.2. The Hall–Kier alpha value is -2.64. The Morgan fingerprint density at radius 2 is 2.16 bits per heavy atom. The first-order chi connectivity index (χ1) is 15.2. The Bertz CT molecular complexity index is 1020. The van der Waals surface area contributed by atoms with Crippen LogP contribution in [0, 0.1) is 0 Å². The minimum Gasteiger partial charge on any atom is -0.543 e. The number of β-lactam (4-membered cyclic amide) rings is 1. The maximum absolute atomic E-state index is 12.9. The minimum absolute atomic E-state index is 0.0615. The van der Waals surface area contributed by atoms with E-state index in [2.05, 4.69) is 22.5 Å². The maximum atomic E-state index is 12.9. The van der Waals surface area contributed by atoms with Crippen molar-refractivity contribution in [2.24, 2.45) is 5.16 Å². The van der Waals surface area contributed by atoms with E-state index in [-0.39, 0.29) is 22.2 Å². The molecule has 3 aliphatic rings. The molecule has 13 heteroatoms. The third kappa shape index (κ3) is 4.07. The van der Waals surface area contributed by atoms with Crippen LogP contribution in [-0.2, 0) is 19.2 Å². The normalized spacial score (nSPS) is 24.8. The maximum Gasteiger partial charge on any atom is 0.276 e. The van der Waals surface area contributed by atoms with Gasteiger partial charge >= 0.3 is 0 Å². The fourth-order valence-corrected chi connectivity index (χ4v) is 6.30. The van der Waals surface area contributed by atoms with Gasteiger partial charge in [-0.05, 0) is 0 Å². The number of amides is 2. The van der Waals surface area contributed by atoms with Gasteiger partial charge in [-0.3, -0.25) is 14.5 Å². The van der Waals surface area contributed by atoms with Gasteiger partial charge in [0.25, 0.3) is 11.8 Å². The smallest absolute Gasteiger partial charge is 0.276 e. The van der Waals surface area contributed by atoms with Crippen LogP contribution in [-0.4, -0.2) is 88.8 Å². The fourth-order valence-electron chi connectivity index (χ4n) is 4.41. The van der Waals surface area contributed by atoms with Gasteiger partial charge < -0.3 is 30.3 Å². The molecule has 2 fully saturated rings. The molecule has 0 aliphatic carbocycles. The average Bonchev–Trinajstić information content (AvgIpc) is 3.37. The molecule has 0 bridgehead atoms. The highest BCUT2D eigenvalue weighted by molar-refractivity contribution is 8.00. The molecular formula is C19H24N6O5S2. The summed E-state index contributed by atoms with van der Waals surface area (Å²) in [5.74, 6) is -2.06. The number of nitrogens with two attached hydrogens (primary N) is 1. The number of hydrogen-bond acceptors (Lipinski definition) is 10. The van der Waals surface area contributed by atoms with Crippen LogP contribution >= 0.6 is 23.1 Å². The minimum atomic E-state index is -1.37. The first-order valence-electron chi connectivity index (χ1n) is 10.1. The number of likely N-dealkylation sites (N-methyl/N-ethyl adjacent to an activating group) is 1. The predicted octanol–water partition coefficient (Wildman–Crippen LogP) is -1.28. The van der Waals surface area contributed by atoms with Gasteiger partial charge in [-0.25, -0.2) is 4.98 Å². The number of likely N-dealkylation sites (tertiary alicyclic amines) is 1. The number of nitrogens with zero attached hydrogens (tertiary/aromatic N) is 4. The molecule has 0 saturated carbocycles. The van der Waals surface area contributed by atoms with Gasteiger partial charge in [-0.2, -0.15) is 0 Å². The van der Waals surface area contributed by atoms with Gasteiger partial charge in [0, 0.05) is 29.5 Å². The second kappa shape index (κ2) is 8.71. The van der Waals surface area contributed by atoms with Crippen molar-refractivity contribution in [2.45, 2.75) is 24.3 Å². The molecule has 11 nitrogen and oxygen atoms in total. The lowest BCUT2D eigenvalue weighted by Gasteiger charge is -2.51. The molecule has 4 rings (SSSR count). The number of fused-ring (bicyclic) bond motifs is 1. The molecule has 0 unspecified atom stereocenters. The number of quaternary nitrogens is 1. The van der Waals surface area contributed by atoms with Gasteiger partial charge in [0.2, 0.25) is 0 Å². The number of thiazole rings is 1. The number of nitrogen functional groups attached to an aromatic ring is 1. The highest BCUT2D eigenvalue weighted by Gasteiger charge is 2.53. The number of rotatable bonds is 7. The summed E-state index contributed by atoms with van der Waals surface area (Å²) < 4.78 is 0.757. The Labute approximate surface area is 192 Å². The van der Waals surface area contributed by atoms with Crippen LogP contribution < -0.4 is 16.2 Å². The summed E-state index contributed by atoms with van der Waals surface area (Å²) >= 11 is 2.57. The number of aromatic nitrogens is 1. The largest absolute Gasteiger partial charge is 0.543 e. The molecular weight excluding hydrogens is 456 g/mol. The van der Waals surface area contributed by atoms with Crippen LogP contribution in [0.2, 0.25) is 0 Å². The van der Waals surface area contributed by atoms with Gasteiger partial charge in [-0.1, -0.05) is 5.16 Å². The number of carbonyl (C=O) groups is 3. The Morgan fingerprint density at radius 1 is 1.44 bits per heavy atom. The van der Waals surface area contributed by atoms with Crippen LogP contribution in [0.5, 0.6) is 0 Å². The van der Waals surface area contributed by atoms with Crippen molar-refractivity contribution in [1.82, 2.24) is 15.2 Å². The topological polar surface area (TPSA) is 150 Å². The van der Waals surface area contributed by atoms with Crippen molar-refractivity contribution in [3.05, 3.63) is 22.3 Å². The molecule has 2 atom stereocenters. The zero-order valence-electron chi connectivity index (χ0n) is 17.7. The van der Waals surface area contributed by atoms with E-state index in [1.165, 1.54) is 23.8 Å². The molecule has 2 amide bonds. The molecule has 0 radical (unpaired) electrons. The Balaban J connectivity index is 1.52. The molecule has 0 aromatic carbocycles. The molecule has 2 saturated heterocycles. The van der Waals surface area contributed by atoms with Gasteiger partial charge in [-0.15, -0.1) is 23.1 Å². The summed E-state index contributed by atoms with van der Waals surface area (Å²) in [7, 11) is 3.39. The monoisotopic (exact) mass is 480 g/mol. The number of anilines is 1. The standard InChI is InChI=1S/C19H24N6O5S2/c1-25(5-3-4-6-25)7-10-8-31-17-13(16(27)24(17)14(10)18(28)29)22-15(26)12(23-30-2)11-9-32-19(20)21-11/h9,13,17H,3-8H2,1-2H3,(H3-,20,21,22,26,28,29)/b23-12+/t13-,17-/m1/s1. The lowest BCUT2D eigenvalue weighted by molar-refractivity contribution is -0.893. The molecule has 3 aliphatic heterocycles. The van der Waals surface area contributed by atoms with Crippen molar-refractivity contribution in [3.63, 3.8) is 0 Å². The molecule has 1 aromatic heterocycles. The Morgan fingerprint density at radius 3 is 2.75 bits per heavy atom. The molecule has 3 N–H and O–H groups in total. The fraction of sp³-hybridized carbons (Fsp3) is 0.526. The third-order valence-electron chi connectivity index (χ3n) is 5.91. The van der Waals surface area contributed by atoms with Crippen molar-refractivity contribution < 1.29 is 28.8 Å². The first-order valence-corrected chi connectivity index (χ1v) is 12.0. The average molecular weight is 481 g/mol. The summed E-state index contributed by atoms with van der Waals surface area (Å²) in [4.78, 5) is 47.7. The van der Waals surface area contributed by atoms with Crippen molar-refractivity contribution in [2.75, 3.05) is 45.3 Å². The summed E-state index contributed by atoms with van der Waals surface area (Å²) in [6.07, 6.45) is 2.21. The molecule has 0 spiro atoms. The first kappa shape index (κ1) is 22.6. The van der Waals surface area contributed by atoms with E-state index in [1.807, 2.05) is 0 Å². The summed E-state index contributed by atoms with van der Waals surface area (Å²) in [5.41, 5.74) is 6.39. The number of carbonyl (C=O) groups excluding carboxylic acids is 3. The molecule has 172 valence electrons. The van der Waals surface area contributed by atoms with Crippen LogP contribution in [0.25, 0.3) is 0 Å². The van der Waals surface area contributed by atoms with Crippen molar-refractivity contribution in [3.8, 4) is 0 Å². The quantitative estimate of drug-likeness (QED) is 0.212. The number of aliphatic carboxylic acids is 1. The van der Waals surface area contributed by atoms with Crippen LogP contribution in [0.1, 0.15) is 18.5 Å². The SMILES string of the molecule is CO/N=C(/C(=O)N[C@@H]1C(=O)N2C(C(=O)[O-])=C(C[N+]3(C)CCCC3)CS[C@H]12)c1csc(N)n1. The lowest BCUT2D eigenvalue weighted by atomic mass is 10.0. The third-order valence-corrected chi connectivity index (χ3v) is 7.92. The summed E-state index contributed by atoms with van der Waals surface area (Å²) in [6, 6.07) is -0.891. The number of nitrogens with one attached hydrogen (secondary N) is 1. The van der Waals surface area contributed by atoms with Gasteiger partial charge in [0.05, 0.1) is 31.8 Å². The van der Waals surface area contributed by atoms with Gasteiger partial charge in [0.1, 0.15) is 30.8 Å². The van der Waals surface area contributed by atoms with E-state index in [0.717, 1.165) is 41.8 Å². The molecule has 32 heavy (non-hydrogen) atoms. The molecule has 1 aromatic rings. The van der Waals surface area contributed by atoms with Crippen LogP contribution in [0.15, 0.2) is 21.8 Å². The lowest BCUT2D eigenvalue weighted by Crippen LogP contribution is -2.71. The number of hydrogen-bond donors (Lipinski definition) is 2. The number of carboxylic acids is 1. The van der Waals surface area contributed by atoms with E-state index in [4.69, 9.17) is 10.6 Å². The highest BCUT2D eigenvalue weighted by Crippen LogP contribution is 2.41. The van der Waals surface area contributed by atoms with E-state index >= 15 is 0 Å². The highest BCUT2D eigenvalue weighted by atomic mass is 32.2. The zero-order chi connectivity index (χ0) is 23.0. The van der Waals surface area contributed by atoms with E-state index in [0.29, 0.717) is 17.9 Å². The number of thioether (sulfide) groups is 1. The van der Waals surface area contributed by atoms with Crippen molar-refractivity contribution >= 4 is 51.7 Å². The second-order valence-electron chi connectivity index (χ2n) is 8.23. The van der Waals surface area contributed by atoms with Crippen LogP contribution in [0.4, 0.5) is 5.13 Å². The summed E-state index contributed by atoms with van der Waals surface area (Å²) in [5, 5.41) is 19.6. The van der Waals surface area contributed by atoms with E-state index in [1.54, 1.807) is 5.38 Å². The predicted molar refractivity (Wildman–Crippen MR) is 117 cm³/mol. The van der Waals surface area contributed by atoms with E-state index < -0.39 is 29.2 Å². The van der Waals surface area contributed by atoms with Crippen molar-refractivity contribution in [1.29, 1.82) is 0 Å². The molecule has 4 heterocycles. The number of carboxylic acid groups (broad SMARTS) is 1. The van der Waals surface area contributed by atoms with E-state index in [9.17, 15) is 19.5 Å².